The van der Waals surface area contributed by atoms with Crippen molar-refractivity contribution in [3.8, 4) is 0 Å². The van der Waals surface area contributed by atoms with Gasteiger partial charge in [-0.25, -0.2) is 4.98 Å². The number of fused-ring (bicyclic) bond motifs is 1. The molecule has 0 radical (unpaired) electrons. The molecular weight excluding hydrogens is 290 g/mol. The van der Waals surface area contributed by atoms with Crippen molar-refractivity contribution >= 4 is 21.7 Å². The molecule has 1 unspecified atom stereocenters. The molecule has 2 aliphatic rings. The second-order valence-corrected chi connectivity index (χ2v) is 5.81. The molecule has 2 fully saturated rings. The summed E-state index contributed by atoms with van der Waals surface area (Å²) in [4.78, 5) is 9.76. The zero-order valence-electron chi connectivity index (χ0n) is 10.7. The van der Waals surface area contributed by atoms with Crippen LogP contribution in [0.3, 0.4) is 0 Å². The zero-order valence-corrected chi connectivity index (χ0v) is 12.3. The molecule has 18 heavy (non-hydrogen) atoms. The maximum absolute atomic E-state index is 4.61. The summed E-state index contributed by atoms with van der Waals surface area (Å²) in [5, 5.41) is 0.890. The normalized spacial score (nSPS) is 24.9. The number of anilines is 1. The first-order chi connectivity index (χ1) is 8.88. The number of rotatable bonds is 2. The standard InChI is InChI=1S/C14H20BrN3/c15-10-12-4-1-6-16-14(12)18-9-3-8-17-7-2-5-13(17)11-18/h1,4,6,13H,2-3,5,7-11H2. The topological polar surface area (TPSA) is 19.4 Å². The molecule has 3 heterocycles. The van der Waals surface area contributed by atoms with E-state index in [9.17, 15) is 0 Å². The highest BCUT2D eigenvalue weighted by Gasteiger charge is 2.29. The molecule has 2 saturated heterocycles. The van der Waals surface area contributed by atoms with E-state index in [0.29, 0.717) is 0 Å². The van der Waals surface area contributed by atoms with Crippen molar-refractivity contribution in [1.29, 1.82) is 0 Å². The van der Waals surface area contributed by atoms with Crippen LogP contribution in [-0.4, -0.2) is 42.1 Å². The fourth-order valence-corrected chi connectivity index (χ4v) is 3.66. The molecular formula is C14H20BrN3. The first kappa shape index (κ1) is 12.4. The lowest BCUT2D eigenvalue weighted by molar-refractivity contribution is 0.273. The van der Waals surface area contributed by atoms with Crippen LogP contribution in [0.4, 0.5) is 5.82 Å². The Hall–Kier alpha value is -0.610. The summed E-state index contributed by atoms with van der Waals surface area (Å²) in [6.45, 7) is 4.85. The molecule has 0 aliphatic carbocycles. The van der Waals surface area contributed by atoms with Gasteiger partial charge < -0.3 is 4.90 Å². The number of hydrogen-bond donors (Lipinski definition) is 0. The highest BCUT2D eigenvalue weighted by atomic mass is 79.9. The minimum absolute atomic E-state index is 0.748. The SMILES string of the molecule is BrCc1cccnc1N1CCCN2CCCC2C1. The van der Waals surface area contributed by atoms with Crippen LogP contribution in [0.5, 0.6) is 0 Å². The van der Waals surface area contributed by atoms with E-state index in [2.05, 4.69) is 36.8 Å². The molecule has 3 rings (SSSR count). The van der Waals surface area contributed by atoms with Gasteiger partial charge in [0.2, 0.25) is 0 Å². The van der Waals surface area contributed by atoms with E-state index in [1.54, 1.807) is 0 Å². The Kier molecular flexibility index (Phi) is 3.85. The first-order valence-electron chi connectivity index (χ1n) is 6.87. The maximum atomic E-state index is 4.61. The molecule has 98 valence electrons. The predicted molar refractivity (Wildman–Crippen MR) is 78.3 cm³/mol. The fourth-order valence-electron chi connectivity index (χ4n) is 3.22. The van der Waals surface area contributed by atoms with Gasteiger partial charge in [-0.2, -0.15) is 0 Å². The van der Waals surface area contributed by atoms with Crippen LogP contribution in [0.15, 0.2) is 18.3 Å². The first-order valence-corrected chi connectivity index (χ1v) is 7.99. The van der Waals surface area contributed by atoms with E-state index in [4.69, 9.17) is 0 Å². The molecule has 1 aromatic heterocycles. The Morgan fingerprint density at radius 1 is 1.28 bits per heavy atom. The average Bonchev–Trinajstić information content (AvgIpc) is 2.76. The van der Waals surface area contributed by atoms with Gasteiger partial charge in [0, 0.05) is 42.8 Å². The van der Waals surface area contributed by atoms with E-state index in [1.165, 1.54) is 43.7 Å². The van der Waals surface area contributed by atoms with Crippen molar-refractivity contribution < 1.29 is 0 Å². The van der Waals surface area contributed by atoms with Gasteiger partial charge in [0.15, 0.2) is 0 Å². The van der Waals surface area contributed by atoms with E-state index in [0.717, 1.165) is 24.5 Å². The lowest BCUT2D eigenvalue weighted by atomic mass is 10.2. The predicted octanol–water partition coefficient (Wildman–Crippen LogP) is 2.65. The maximum Gasteiger partial charge on any atom is 0.132 e. The third kappa shape index (κ3) is 2.41. The summed E-state index contributed by atoms with van der Waals surface area (Å²) in [5.41, 5.74) is 1.31. The Balaban J connectivity index is 1.82. The zero-order chi connectivity index (χ0) is 12.4. The molecule has 0 N–H and O–H groups in total. The number of aromatic nitrogens is 1. The monoisotopic (exact) mass is 309 g/mol. The van der Waals surface area contributed by atoms with E-state index >= 15 is 0 Å². The number of halogens is 1. The molecule has 1 atom stereocenters. The van der Waals surface area contributed by atoms with Crippen molar-refractivity contribution in [2.45, 2.75) is 30.6 Å². The van der Waals surface area contributed by atoms with Crippen molar-refractivity contribution in [3.05, 3.63) is 23.9 Å². The van der Waals surface area contributed by atoms with Crippen LogP contribution in [0.1, 0.15) is 24.8 Å². The third-order valence-corrected chi connectivity index (χ3v) is 4.72. The summed E-state index contributed by atoms with van der Waals surface area (Å²) in [6.07, 6.45) is 5.90. The van der Waals surface area contributed by atoms with Crippen LogP contribution in [0.2, 0.25) is 0 Å². The average molecular weight is 310 g/mol. The Morgan fingerprint density at radius 2 is 2.17 bits per heavy atom. The summed E-state index contributed by atoms with van der Waals surface area (Å²) in [6, 6.07) is 4.95. The lowest BCUT2D eigenvalue weighted by Crippen LogP contribution is -2.37. The highest BCUT2D eigenvalue weighted by Crippen LogP contribution is 2.26. The van der Waals surface area contributed by atoms with Gasteiger partial charge in [-0.05, 0) is 31.9 Å². The van der Waals surface area contributed by atoms with E-state index in [1.807, 2.05) is 12.3 Å². The summed E-state index contributed by atoms with van der Waals surface area (Å²) in [5.74, 6) is 1.18. The van der Waals surface area contributed by atoms with Crippen molar-refractivity contribution in [2.75, 3.05) is 31.1 Å². The molecule has 0 saturated carbocycles. The van der Waals surface area contributed by atoms with Gasteiger partial charge in [0.1, 0.15) is 5.82 Å². The van der Waals surface area contributed by atoms with Crippen LogP contribution < -0.4 is 4.90 Å². The minimum Gasteiger partial charge on any atom is -0.355 e. The molecule has 3 nitrogen and oxygen atoms in total. The summed E-state index contributed by atoms with van der Waals surface area (Å²) in [7, 11) is 0. The Morgan fingerprint density at radius 3 is 3.06 bits per heavy atom. The molecule has 0 spiro atoms. The van der Waals surface area contributed by atoms with Crippen molar-refractivity contribution in [3.63, 3.8) is 0 Å². The van der Waals surface area contributed by atoms with Gasteiger partial charge in [0.25, 0.3) is 0 Å². The van der Waals surface area contributed by atoms with Crippen LogP contribution >= 0.6 is 15.9 Å². The van der Waals surface area contributed by atoms with Crippen LogP contribution in [0.25, 0.3) is 0 Å². The van der Waals surface area contributed by atoms with Gasteiger partial charge >= 0.3 is 0 Å². The lowest BCUT2D eigenvalue weighted by Gasteiger charge is -2.27. The molecule has 0 bridgehead atoms. The van der Waals surface area contributed by atoms with Crippen molar-refractivity contribution in [2.24, 2.45) is 0 Å². The van der Waals surface area contributed by atoms with Gasteiger partial charge in [-0.1, -0.05) is 22.0 Å². The number of nitrogens with zero attached hydrogens (tertiary/aromatic N) is 3. The van der Waals surface area contributed by atoms with Gasteiger partial charge in [0.05, 0.1) is 0 Å². The molecule has 1 aromatic rings. The smallest absolute Gasteiger partial charge is 0.132 e. The number of alkyl halides is 1. The summed E-state index contributed by atoms with van der Waals surface area (Å²) >= 11 is 3.57. The van der Waals surface area contributed by atoms with Gasteiger partial charge in [-0.3, -0.25) is 4.90 Å². The quantitative estimate of drug-likeness (QED) is 0.783. The Bertz CT molecular complexity index is 410. The summed E-state index contributed by atoms with van der Waals surface area (Å²) < 4.78 is 0. The van der Waals surface area contributed by atoms with Gasteiger partial charge in [-0.15, -0.1) is 0 Å². The third-order valence-electron chi connectivity index (χ3n) is 4.11. The molecule has 4 heteroatoms. The van der Waals surface area contributed by atoms with E-state index in [-0.39, 0.29) is 0 Å². The van der Waals surface area contributed by atoms with Crippen LogP contribution in [-0.2, 0) is 5.33 Å². The minimum atomic E-state index is 0.748. The molecule has 2 aliphatic heterocycles. The van der Waals surface area contributed by atoms with E-state index < -0.39 is 0 Å². The number of hydrogen-bond acceptors (Lipinski definition) is 3. The fraction of sp³-hybridized carbons (Fsp3) is 0.643. The molecule has 0 aromatic carbocycles. The second-order valence-electron chi connectivity index (χ2n) is 5.25. The van der Waals surface area contributed by atoms with Crippen molar-refractivity contribution in [1.82, 2.24) is 9.88 Å². The molecule has 0 amide bonds. The Labute approximate surface area is 117 Å². The highest BCUT2D eigenvalue weighted by molar-refractivity contribution is 9.08. The van der Waals surface area contributed by atoms with Crippen LogP contribution in [0, 0.1) is 0 Å². The number of pyridine rings is 1. The second kappa shape index (κ2) is 5.57. The largest absolute Gasteiger partial charge is 0.355 e.